The van der Waals surface area contributed by atoms with E-state index in [4.69, 9.17) is 4.98 Å². The molecule has 2 saturated heterocycles. The Labute approximate surface area is 151 Å². The van der Waals surface area contributed by atoms with Crippen LogP contribution in [0.4, 0.5) is 0 Å². The molecule has 0 amide bonds. The number of rotatable bonds is 4. The van der Waals surface area contributed by atoms with E-state index in [1.54, 1.807) is 0 Å². The van der Waals surface area contributed by atoms with Gasteiger partial charge < -0.3 is 9.51 Å². The zero-order valence-corrected chi connectivity index (χ0v) is 14.5. The van der Waals surface area contributed by atoms with Crippen molar-refractivity contribution in [2.24, 2.45) is 5.92 Å². The van der Waals surface area contributed by atoms with Crippen molar-refractivity contribution in [2.75, 3.05) is 0 Å². The number of imidazole rings is 1. The second-order valence-electron chi connectivity index (χ2n) is 7.35. The number of hydrogen-bond donors (Lipinski definition) is 1. The van der Waals surface area contributed by atoms with Crippen LogP contribution in [-0.2, 0) is 11.3 Å². The number of aliphatic carboxylic acids is 1. The Kier molecular flexibility index (Phi) is 3.57. The standard InChI is InChI=1S/C21H21N3O2/c25-21(26)16-12-15-9-10-17(16)24(15)13-18-20(14-6-2-1-3-7-14)22-19-8-4-5-11-23(18)19/h1-8,11,15-17H,9-10,12-13H2,(H,25,26). The smallest absolute Gasteiger partial charge is 0.308 e. The summed E-state index contributed by atoms with van der Waals surface area (Å²) in [6.45, 7) is 0.745. The highest BCUT2D eigenvalue weighted by Gasteiger charge is 2.49. The van der Waals surface area contributed by atoms with E-state index in [1.807, 2.05) is 36.4 Å². The second kappa shape index (κ2) is 5.95. The summed E-state index contributed by atoms with van der Waals surface area (Å²) in [5, 5.41) is 9.54. The summed E-state index contributed by atoms with van der Waals surface area (Å²) in [6, 6.07) is 16.8. The Morgan fingerprint density at radius 2 is 1.92 bits per heavy atom. The molecule has 0 saturated carbocycles. The molecular formula is C21H21N3O2. The molecule has 5 heteroatoms. The fourth-order valence-electron chi connectivity index (χ4n) is 4.81. The first kappa shape index (κ1) is 15.6. The average Bonchev–Trinajstić information content (AvgIpc) is 3.34. The number of hydrogen-bond acceptors (Lipinski definition) is 3. The number of carboxylic acid groups (broad SMARTS) is 1. The van der Waals surface area contributed by atoms with Gasteiger partial charge in [0.15, 0.2) is 0 Å². The minimum absolute atomic E-state index is 0.149. The molecule has 0 spiro atoms. The molecule has 5 rings (SSSR count). The van der Waals surface area contributed by atoms with E-state index in [1.165, 1.54) is 0 Å². The van der Waals surface area contributed by atoms with Gasteiger partial charge in [-0.1, -0.05) is 36.4 Å². The molecule has 2 bridgehead atoms. The first-order valence-corrected chi connectivity index (χ1v) is 9.22. The van der Waals surface area contributed by atoms with E-state index in [9.17, 15) is 9.90 Å². The van der Waals surface area contributed by atoms with E-state index in [-0.39, 0.29) is 12.0 Å². The fraction of sp³-hybridized carbons (Fsp3) is 0.333. The van der Waals surface area contributed by atoms with E-state index in [0.717, 1.165) is 48.4 Å². The third-order valence-electron chi connectivity index (χ3n) is 6.01. The van der Waals surface area contributed by atoms with Crippen LogP contribution in [-0.4, -0.2) is 37.4 Å². The number of carboxylic acids is 1. The van der Waals surface area contributed by atoms with Crippen LogP contribution in [0, 0.1) is 5.92 Å². The van der Waals surface area contributed by atoms with Crippen LogP contribution in [0.2, 0.25) is 0 Å². The predicted octanol–water partition coefficient (Wildman–Crippen LogP) is 3.44. The number of nitrogens with zero attached hydrogens (tertiary/aromatic N) is 3. The highest BCUT2D eigenvalue weighted by Crippen LogP contribution is 2.43. The number of aromatic nitrogens is 2. The second-order valence-corrected chi connectivity index (χ2v) is 7.35. The first-order chi connectivity index (χ1) is 12.7. The molecule has 3 atom stereocenters. The van der Waals surface area contributed by atoms with Crippen molar-refractivity contribution >= 4 is 11.6 Å². The van der Waals surface area contributed by atoms with Gasteiger partial charge >= 0.3 is 5.97 Å². The lowest BCUT2D eigenvalue weighted by Crippen LogP contribution is -2.33. The summed E-state index contributed by atoms with van der Waals surface area (Å²) >= 11 is 0. The molecule has 2 aliphatic rings. The summed E-state index contributed by atoms with van der Waals surface area (Å²) in [4.78, 5) is 18.9. The Hall–Kier alpha value is -2.66. The monoisotopic (exact) mass is 347 g/mol. The van der Waals surface area contributed by atoms with Gasteiger partial charge in [-0.05, 0) is 31.4 Å². The molecule has 1 N–H and O–H groups in total. The molecule has 2 fully saturated rings. The summed E-state index contributed by atoms with van der Waals surface area (Å²) in [5.41, 5.74) is 4.18. The summed E-state index contributed by atoms with van der Waals surface area (Å²) in [5.74, 6) is -0.878. The quantitative estimate of drug-likeness (QED) is 0.785. The van der Waals surface area contributed by atoms with Gasteiger partial charge in [0.05, 0.1) is 17.3 Å². The van der Waals surface area contributed by atoms with Crippen LogP contribution in [0.5, 0.6) is 0 Å². The van der Waals surface area contributed by atoms with Crippen LogP contribution in [0.25, 0.3) is 16.9 Å². The van der Waals surface area contributed by atoms with Gasteiger partial charge in [0.25, 0.3) is 0 Å². The van der Waals surface area contributed by atoms with Gasteiger partial charge in [0, 0.05) is 30.4 Å². The van der Waals surface area contributed by atoms with Crippen LogP contribution in [0.1, 0.15) is 25.0 Å². The highest BCUT2D eigenvalue weighted by molar-refractivity contribution is 5.72. The van der Waals surface area contributed by atoms with Crippen molar-refractivity contribution in [1.29, 1.82) is 0 Å². The van der Waals surface area contributed by atoms with Gasteiger partial charge in [-0.2, -0.15) is 0 Å². The van der Waals surface area contributed by atoms with Gasteiger partial charge in [-0.25, -0.2) is 4.98 Å². The van der Waals surface area contributed by atoms with Crippen molar-refractivity contribution in [1.82, 2.24) is 14.3 Å². The number of pyridine rings is 1. The number of fused-ring (bicyclic) bond motifs is 3. The van der Waals surface area contributed by atoms with Crippen LogP contribution in [0.15, 0.2) is 54.7 Å². The molecule has 2 aliphatic heterocycles. The topological polar surface area (TPSA) is 57.8 Å². The number of benzene rings is 1. The highest BCUT2D eigenvalue weighted by atomic mass is 16.4. The first-order valence-electron chi connectivity index (χ1n) is 9.22. The van der Waals surface area contributed by atoms with E-state index in [0.29, 0.717) is 6.04 Å². The Morgan fingerprint density at radius 1 is 1.12 bits per heavy atom. The van der Waals surface area contributed by atoms with Gasteiger partial charge in [-0.3, -0.25) is 9.69 Å². The zero-order chi connectivity index (χ0) is 17.7. The molecule has 2 aromatic heterocycles. The molecule has 3 unspecified atom stereocenters. The predicted molar refractivity (Wildman–Crippen MR) is 98.7 cm³/mol. The lowest BCUT2D eigenvalue weighted by molar-refractivity contribution is -0.142. The van der Waals surface area contributed by atoms with Crippen LogP contribution in [0.3, 0.4) is 0 Å². The van der Waals surface area contributed by atoms with E-state index < -0.39 is 5.97 Å². The SMILES string of the molecule is O=C(O)C1CC2CCC1N2Cc1c(-c2ccccc2)nc2ccccn12. The lowest BCUT2D eigenvalue weighted by atomic mass is 9.89. The van der Waals surface area contributed by atoms with Crippen molar-refractivity contribution < 1.29 is 9.90 Å². The molecule has 132 valence electrons. The molecular weight excluding hydrogens is 326 g/mol. The molecule has 5 nitrogen and oxygen atoms in total. The minimum atomic E-state index is -0.649. The number of carbonyl (C=O) groups is 1. The fourth-order valence-corrected chi connectivity index (χ4v) is 4.81. The summed E-state index contributed by atoms with van der Waals surface area (Å²) < 4.78 is 2.15. The maximum absolute atomic E-state index is 11.6. The van der Waals surface area contributed by atoms with Crippen molar-refractivity contribution in [2.45, 2.75) is 37.9 Å². The van der Waals surface area contributed by atoms with Gasteiger partial charge in [0.1, 0.15) is 5.65 Å². The van der Waals surface area contributed by atoms with E-state index in [2.05, 4.69) is 27.6 Å². The minimum Gasteiger partial charge on any atom is -0.481 e. The molecule has 4 heterocycles. The maximum atomic E-state index is 11.6. The van der Waals surface area contributed by atoms with Crippen molar-refractivity contribution in [3.63, 3.8) is 0 Å². The Morgan fingerprint density at radius 3 is 2.69 bits per heavy atom. The lowest BCUT2D eigenvalue weighted by Gasteiger charge is -2.23. The Bertz CT molecular complexity index is 966. The van der Waals surface area contributed by atoms with Crippen LogP contribution < -0.4 is 0 Å². The third kappa shape index (κ3) is 2.35. The Balaban J connectivity index is 1.58. The van der Waals surface area contributed by atoms with Crippen LogP contribution >= 0.6 is 0 Å². The summed E-state index contributed by atoms with van der Waals surface area (Å²) in [7, 11) is 0. The summed E-state index contributed by atoms with van der Waals surface area (Å²) in [6.07, 6.45) is 4.92. The maximum Gasteiger partial charge on any atom is 0.308 e. The largest absolute Gasteiger partial charge is 0.481 e. The van der Waals surface area contributed by atoms with Crippen molar-refractivity contribution in [3.8, 4) is 11.3 Å². The van der Waals surface area contributed by atoms with Gasteiger partial charge in [-0.15, -0.1) is 0 Å². The third-order valence-corrected chi connectivity index (χ3v) is 6.01. The van der Waals surface area contributed by atoms with Crippen molar-refractivity contribution in [3.05, 3.63) is 60.4 Å². The molecule has 1 aromatic carbocycles. The van der Waals surface area contributed by atoms with Gasteiger partial charge in [0.2, 0.25) is 0 Å². The zero-order valence-electron chi connectivity index (χ0n) is 14.5. The normalized spacial score (nSPS) is 25.2. The van der Waals surface area contributed by atoms with E-state index >= 15 is 0 Å². The average molecular weight is 347 g/mol. The molecule has 3 aromatic rings. The molecule has 26 heavy (non-hydrogen) atoms. The molecule has 0 aliphatic carbocycles. The molecule has 0 radical (unpaired) electrons.